The van der Waals surface area contributed by atoms with E-state index in [0.717, 1.165) is 38.5 Å². The first kappa shape index (κ1) is 9.69. The predicted octanol–water partition coefficient (Wildman–Crippen LogP) is 1.38. The molecule has 2 nitrogen and oxygen atoms in total. The SMILES string of the molecule is NCCc1ccc(CC2COC2)cc1. The molecule has 0 spiro atoms. The van der Waals surface area contributed by atoms with Crippen molar-refractivity contribution in [1.82, 2.24) is 0 Å². The van der Waals surface area contributed by atoms with Crippen LogP contribution in [0.15, 0.2) is 24.3 Å². The van der Waals surface area contributed by atoms with Gasteiger partial charge in [-0.25, -0.2) is 0 Å². The molecule has 1 heterocycles. The molecule has 1 fully saturated rings. The van der Waals surface area contributed by atoms with E-state index in [0.29, 0.717) is 0 Å². The van der Waals surface area contributed by atoms with Crippen molar-refractivity contribution in [2.24, 2.45) is 11.7 Å². The molecule has 76 valence electrons. The molecule has 1 aliphatic rings. The Morgan fingerprint density at radius 1 is 1.14 bits per heavy atom. The minimum absolute atomic E-state index is 0.732. The Hall–Kier alpha value is -0.860. The molecule has 1 saturated heterocycles. The summed E-state index contributed by atoms with van der Waals surface area (Å²) in [5.74, 6) is 0.746. The lowest BCUT2D eigenvalue weighted by atomic mass is 9.97. The molecule has 0 aromatic heterocycles. The number of rotatable bonds is 4. The third kappa shape index (κ3) is 2.34. The van der Waals surface area contributed by atoms with Crippen molar-refractivity contribution in [3.63, 3.8) is 0 Å². The van der Waals surface area contributed by atoms with E-state index < -0.39 is 0 Å². The minimum atomic E-state index is 0.732. The molecule has 2 rings (SSSR count). The molecule has 0 amide bonds. The van der Waals surface area contributed by atoms with Crippen molar-refractivity contribution in [3.05, 3.63) is 35.4 Å². The maximum absolute atomic E-state index is 5.49. The van der Waals surface area contributed by atoms with Gasteiger partial charge in [0.1, 0.15) is 0 Å². The lowest BCUT2D eigenvalue weighted by Crippen LogP contribution is -2.29. The molecule has 2 heteroatoms. The van der Waals surface area contributed by atoms with Gasteiger partial charge in [0.05, 0.1) is 13.2 Å². The van der Waals surface area contributed by atoms with Gasteiger partial charge in [0.25, 0.3) is 0 Å². The summed E-state index contributed by atoms with van der Waals surface area (Å²) in [5.41, 5.74) is 8.24. The molecule has 1 aliphatic heterocycles. The van der Waals surface area contributed by atoms with E-state index in [1.165, 1.54) is 11.1 Å². The van der Waals surface area contributed by atoms with Crippen LogP contribution in [0.2, 0.25) is 0 Å². The average Bonchev–Trinajstić information content (AvgIpc) is 2.14. The van der Waals surface area contributed by atoms with Crippen LogP contribution in [0.1, 0.15) is 11.1 Å². The minimum Gasteiger partial charge on any atom is -0.381 e. The maximum Gasteiger partial charge on any atom is 0.0519 e. The Labute approximate surface area is 85.1 Å². The van der Waals surface area contributed by atoms with Gasteiger partial charge in [-0.2, -0.15) is 0 Å². The van der Waals surface area contributed by atoms with E-state index in [9.17, 15) is 0 Å². The number of ether oxygens (including phenoxy) is 1. The van der Waals surface area contributed by atoms with Gasteiger partial charge in [-0.05, 0) is 30.5 Å². The highest BCUT2D eigenvalue weighted by Gasteiger charge is 2.18. The smallest absolute Gasteiger partial charge is 0.0519 e. The van der Waals surface area contributed by atoms with Crippen molar-refractivity contribution in [1.29, 1.82) is 0 Å². The van der Waals surface area contributed by atoms with E-state index in [-0.39, 0.29) is 0 Å². The van der Waals surface area contributed by atoms with Gasteiger partial charge in [0, 0.05) is 5.92 Å². The van der Waals surface area contributed by atoms with Crippen LogP contribution in [0.25, 0.3) is 0 Å². The molecular weight excluding hydrogens is 174 g/mol. The van der Waals surface area contributed by atoms with E-state index >= 15 is 0 Å². The molecule has 0 bridgehead atoms. The van der Waals surface area contributed by atoms with Crippen LogP contribution in [0, 0.1) is 5.92 Å². The van der Waals surface area contributed by atoms with Crippen LogP contribution >= 0.6 is 0 Å². The molecule has 1 aromatic carbocycles. The molecule has 0 radical (unpaired) electrons. The molecule has 14 heavy (non-hydrogen) atoms. The maximum atomic E-state index is 5.49. The summed E-state index contributed by atoms with van der Waals surface area (Å²) in [7, 11) is 0. The number of hydrogen-bond acceptors (Lipinski definition) is 2. The average molecular weight is 191 g/mol. The second kappa shape index (κ2) is 4.58. The molecule has 0 atom stereocenters. The summed E-state index contributed by atoms with van der Waals surface area (Å²) in [6, 6.07) is 8.79. The number of benzene rings is 1. The highest BCUT2D eigenvalue weighted by molar-refractivity contribution is 5.23. The topological polar surface area (TPSA) is 35.2 Å². The van der Waals surface area contributed by atoms with Crippen LogP contribution in [0.3, 0.4) is 0 Å². The van der Waals surface area contributed by atoms with Gasteiger partial charge < -0.3 is 10.5 Å². The Morgan fingerprint density at radius 2 is 1.79 bits per heavy atom. The van der Waals surface area contributed by atoms with Crippen LogP contribution < -0.4 is 5.73 Å². The highest BCUT2D eigenvalue weighted by Crippen LogP contribution is 2.17. The number of hydrogen-bond donors (Lipinski definition) is 1. The van der Waals surface area contributed by atoms with Crippen LogP contribution in [-0.4, -0.2) is 19.8 Å². The van der Waals surface area contributed by atoms with Gasteiger partial charge in [0.15, 0.2) is 0 Å². The molecule has 0 aliphatic carbocycles. The largest absolute Gasteiger partial charge is 0.381 e. The zero-order chi connectivity index (χ0) is 9.80. The lowest BCUT2D eigenvalue weighted by molar-refractivity contribution is -0.0312. The number of nitrogens with two attached hydrogens (primary N) is 1. The van der Waals surface area contributed by atoms with Crippen molar-refractivity contribution in [3.8, 4) is 0 Å². The fraction of sp³-hybridized carbons (Fsp3) is 0.500. The first-order valence-electron chi connectivity index (χ1n) is 5.24. The third-order valence-corrected chi connectivity index (χ3v) is 2.69. The molecular formula is C12H17NO. The second-order valence-corrected chi connectivity index (χ2v) is 3.96. The summed E-state index contributed by atoms with van der Waals surface area (Å²) in [6.07, 6.45) is 2.13. The Kier molecular flexibility index (Phi) is 3.17. The van der Waals surface area contributed by atoms with Crippen molar-refractivity contribution < 1.29 is 4.74 Å². The highest BCUT2D eigenvalue weighted by atomic mass is 16.5. The summed E-state index contributed by atoms with van der Waals surface area (Å²) in [6.45, 7) is 2.60. The van der Waals surface area contributed by atoms with E-state index in [2.05, 4.69) is 24.3 Å². The van der Waals surface area contributed by atoms with E-state index in [1.54, 1.807) is 0 Å². The Bertz CT molecular complexity index is 277. The molecule has 1 aromatic rings. The van der Waals surface area contributed by atoms with Crippen LogP contribution in [0.4, 0.5) is 0 Å². The van der Waals surface area contributed by atoms with Crippen molar-refractivity contribution in [2.75, 3.05) is 19.8 Å². The standard InChI is InChI=1S/C12H17NO/c13-6-5-10-1-3-11(4-2-10)7-12-8-14-9-12/h1-4,12H,5-9,13H2. The first-order chi connectivity index (χ1) is 6.88. The van der Waals surface area contributed by atoms with Gasteiger partial charge in [-0.15, -0.1) is 0 Å². The Balaban J connectivity index is 1.91. The fourth-order valence-corrected chi connectivity index (χ4v) is 1.74. The molecule has 0 saturated carbocycles. The van der Waals surface area contributed by atoms with Crippen LogP contribution in [-0.2, 0) is 17.6 Å². The fourth-order valence-electron chi connectivity index (χ4n) is 1.74. The first-order valence-corrected chi connectivity index (χ1v) is 5.24. The second-order valence-electron chi connectivity index (χ2n) is 3.96. The third-order valence-electron chi connectivity index (χ3n) is 2.69. The van der Waals surface area contributed by atoms with Gasteiger partial charge in [-0.3, -0.25) is 0 Å². The van der Waals surface area contributed by atoms with Gasteiger partial charge in [-0.1, -0.05) is 24.3 Å². The summed E-state index contributed by atoms with van der Waals surface area (Å²) < 4.78 is 5.15. The predicted molar refractivity (Wildman–Crippen MR) is 57.2 cm³/mol. The lowest BCUT2D eigenvalue weighted by Gasteiger charge is -2.25. The molecule has 2 N–H and O–H groups in total. The summed E-state index contributed by atoms with van der Waals surface area (Å²) in [5, 5.41) is 0. The van der Waals surface area contributed by atoms with Crippen molar-refractivity contribution >= 4 is 0 Å². The summed E-state index contributed by atoms with van der Waals surface area (Å²) >= 11 is 0. The van der Waals surface area contributed by atoms with Crippen LogP contribution in [0.5, 0.6) is 0 Å². The summed E-state index contributed by atoms with van der Waals surface area (Å²) in [4.78, 5) is 0. The van der Waals surface area contributed by atoms with Gasteiger partial charge in [0.2, 0.25) is 0 Å². The normalized spacial score (nSPS) is 16.6. The van der Waals surface area contributed by atoms with Crippen molar-refractivity contribution in [2.45, 2.75) is 12.8 Å². The quantitative estimate of drug-likeness (QED) is 0.780. The van der Waals surface area contributed by atoms with E-state index in [1.807, 2.05) is 0 Å². The molecule has 0 unspecified atom stereocenters. The zero-order valence-electron chi connectivity index (χ0n) is 8.41. The van der Waals surface area contributed by atoms with Gasteiger partial charge >= 0.3 is 0 Å². The Morgan fingerprint density at radius 3 is 2.29 bits per heavy atom. The zero-order valence-corrected chi connectivity index (χ0v) is 8.41. The monoisotopic (exact) mass is 191 g/mol. The van der Waals surface area contributed by atoms with E-state index in [4.69, 9.17) is 10.5 Å².